The lowest BCUT2D eigenvalue weighted by Gasteiger charge is -2.21. The Hall–Kier alpha value is -3.62. The number of anilines is 1. The van der Waals surface area contributed by atoms with Crippen molar-refractivity contribution in [2.75, 3.05) is 33.1 Å². The van der Waals surface area contributed by atoms with Gasteiger partial charge >= 0.3 is 5.97 Å². The Labute approximate surface area is 318 Å². The normalized spacial score (nSPS) is 11.2. The van der Waals surface area contributed by atoms with E-state index in [9.17, 15) is 19.8 Å². The van der Waals surface area contributed by atoms with E-state index in [1.54, 1.807) is 41.7 Å². The van der Waals surface area contributed by atoms with E-state index >= 15 is 0 Å². The second-order valence-corrected chi connectivity index (χ2v) is 15.8. The van der Waals surface area contributed by atoms with Crippen LogP contribution >= 0.6 is 75.1 Å². The number of carbonyl (C=O) groups is 1. The summed E-state index contributed by atoms with van der Waals surface area (Å²) >= 11 is 14.9. The number of aromatic carboxylic acids is 1. The molecular weight excluding hydrogens is 906 g/mol. The van der Waals surface area contributed by atoms with E-state index in [0.29, 0.717) is 31.0 Å². The van der Waals surface area contributed by atoms with Crippen molar-refractivity contribution >= 4 is 108 Å². The maximum atomic E-state index is 12.4. The molecule has 0 spiro atoms. The third-order valence-corrected chi connectivity index (χ3v) is 11.5. The standard InChI is InChI=1S/C20H8Br4O5.C16H18N3S/c21-11-5-9-13(7-3-1-2-4-8(7)20(27)28)10-6-12(22)17(26)15(24)19(10)29-18(9)14(23)16(11)25;1-18(2)11-5-7-13-15(9-11)20-16-10-12(19(3)4)6-8-14(16)17-13/h1-6,25H,(H,27,28);5-10H,1-4H3/q;+1/p-1. The van der Waals surface area contributed by atoms with Crippen LogP contribution in [0.25, 0.3) is 54.2 Å². The van der Waals surface area contributed by atoms with Gasteiger partial charge in [-0.3, -0.25) is 4.79 Å². The zero-order valence-corrected chi connectivity index (χ0v) is 33.4. The van der Waals surface area contributed by atoms with Gasteiger partial charge in [0.15, 0.2) is 5.76 Å². The van der Waals surface area contributed by atoms with Crippen LogP contribution in [0.5, 0.6) is 5.75 Å². The zero-order valence-electron chi connectivity index (χ0n) is 26.3. The molecule has 2 heterocycles. The molecule has 3 aromatic rings. The molecule has 0 bridgehead atoms. The lowest BCUT2D eigenvalue weighted by molar-refractivity contribution is -0.270. The zero-order chi connectivity index (χ0) is 35.3. The number of nitrogens with zero attached hydrogens (tertiary/aromatic N) is 3. The molecule has 0 saturated carbocycles. The van der Waals surface area contributed by atoms with E-state index in [1.807, 2.05) is 0 Å². The first-order chi connectivity index (χ1) is 23.3. The number of benzene rings is 5. The molecule has 0 saturated heterocycles. The average Bonchev–Trinajstić information content (AvgIpc) is 3.08. The van der Waals surface area contributed by atoms with E-state index in [1.165, 1.54) is 26.7 Å². The molecule has 8 nitrogen and oxygen atoms in total. The fraction of sp³-hybridized carbons (Fsp3) is 0.111. The second kappa shape index (κ2) is 13.9. The first kappa shape index (κ1) is 35.2. The van der Waals surface area contributed by atoms with Crippen molar-refractivity contribution in [2.24, 2.45) is 0 Å². The summed E-state index contributed by atoms with van der Waals surface area (Å²) in [6.07, 6.45) is 0. The van der Waals surface area contributed by atoms with E-state index in [0.717, 1.165) is 11.2 Å². The van der Waals surface area contributed by atoms with Crippen LogP contribution in [0.15, 0.2) is 99.9 Å². The molecule has 13 heteroatoms. The molecule has 248 valence electrons. The summed E-state index contributed by atoms with van der Waals surface area (Å²) in [5.41, 5.74) is 4.77. The van der Waals surface area contributed by atoms with E-state index in [-0.39, 0.29) is 37.0 Å². The predicted molar refractivity (Wildman–Crippen MR) is 209 cm³/mol. The molecule has 49 heavy (non-hydrogen) atoms. The van der Waals surface area contributed by atoms with Crippen LogP contribution in [0.2, 0.25) is 0 Å². The van der Waals surface area contributed by atoms with Gasteiger partial charge in [-0.2, -0.15) is 0 Å². The van der Waals surface area contributed by atoms with Gasteiger partial charge in [-0.25, -0.2) is 14.4 Å². The second-order valence-electron chi connectivity index (χ2n) is 11.4. The van der Waals surface area contributed by atoms with Gasteiger partial charge in [-0.05, 0) is 95.8 Å². The Morgan fingerprint density at radius 1 is 0.918 bits per heavy atom. The molecule has 7 rings (SSSR count). The van der Waals surface area contributed by atoms with Crippen LogP contribution in [0.1, 0.15) is 10.4 Å². The highest BCUT2D eigenvalue weighted by atomic mass is 79.9. The van der Waals surface area contributed by atoms with Crippen molar-refractivity contribution in [3.63, 3.8) is 0 Å². The summed E-state index contributed by atoms with van der Waals surface area (Å²) < 4.78 is 10.2. The number of rotatable bonds is 3. The number of fused-ring (bicyclic) bond motifs is 4. The molecule has 2 aliphatic carbocycles. The first-order valence-corrected chi connectivity index (χ1v) is 18.5. The monoisotopic (exact) mass is 927 g/mol. The Kier molecular flexibility index (Phi) is 10.0. The highest BCUT2D eigenvalue weighted by Gasteiger charge is 2.26. The van der Waals surface area contributed by atoms with Crippen LogP contribution in [0.4, 0.5) is 5.69 Å². The number of carboxylic acid groups (broad SMARTS) is 1. The largest absolute Gasteiger partial charge is 0.871 e. The molecule has 0 amide bonds. The van der Waals surface area contributed by atoms with E-state index < -0.39 is 5.97 Å². The summed E-state index contributed by atoms with van der Waals surface area (Å²) in [7, 11) is 8.24. The number of halogens is 4. The molecule has 4 aliphatic rings. The van der Waals surface area contributed by atoms with Crippen LogP contribution in [0.3, 0.4) is 0 Å². The van der Waals surface area contributed by atoms with Gasteiger partial charge in [0.1, 0.15) is 24.2 Å². The summed E-state index contributed by atoms with van der Waals surface area (Å²) in [6.45, 7) is 0. The molecule has 1 N–H and O–H groups in total. The minimum Gasteiger partial charge on any atom is -0.871 e. The van der Waals surface area contributed by atoms with Crippen molar-refractivity contribution in [3.8, 4) is 38.8 Å². The quantitative estimate of drug-likeness (QED) is 0.139. The Morgan fingerprint density at radius 3 is 2.35 bits per heavy atom. The number of aromatic nitrogens is 1. The molecule has 0 atom stereocenters. The highest BCUT2D eigenvalue weighted by molar-refractivity contribution is 9.11. The highest BCUT2D eigenvalue weighted by Crippen LogP contribution is 2.48. The lowest BCUT2D eigenvalue weighted by Crippen LogP contribution is -2.21. The number of hydrogen-bond acceptors (Lipinski definition) is 7. The van der Waals surface area contributed by atoms with Gasteiger partial charge in [-0.1, -0.05) is 39.9 Å². The number of carboxylic acids is 1. The fourth-order valence-electron chi connectivity index (χ4n) is 5.32. The van der Waals surface area contributed by atoms with Crippen molar-refractivity contribution < 1.29 is 19.4 Å². The molecule has 2 aliphatic heterocycles. The summed E-state index contributed by atoms with van der Waals surface area (Å²) in [5.74, 6) is -1.21. The Bertz CT molecular complexity index is 2530. The van der Waals surface area contributed by atoms with Gasteiger partial charge in [0, 0.05) is 52.9 Å². The number of hydrogen-bond donors (Lipinski definition) is 1. The van der Waals surface area contributed by atoms with Gasteiger partial charge in [0.25, 0.3) is 0 Å². The lowest BCUT2D eigenvalue weighted by atomic mass is 9.91. The molecule has 0 radical (unpaired) electrons. The van der Waals surface area contributed by atoms with Gasteiger partial charge in [-0.15, -0.1) is 11.3 Å². The summed E-state index contributed by atoms with van der Waals surface area (Å²) in [5, 5.41) is 23.9. The first-order valence-electron chi connectivity index (χ1n) is 14.5. The maximum Gasteiger partial charge on any atom is 0.336 e. The maximum absolute atomic E-state index is 12.4. The van der Waals surface area contributed by atoms with Crippen LogP contribution in [-0.2, 0) is 0 Å². The van der Waals surface area contributed by atoms with Crippen molar-refractivity contribution in [2.45, 2.75) is 0 Å². The van der Waals surface area contributed by atoms with Gasteiger partial charge < -0.3 is 19.5 Å². The van der Waals surface area contributed by atoms with Crippen molar-refractivity contribution in [1.29, 1.82) is 0 Å². The topological polar surface area (TPSA) is 110 Å². The molecule has 3 aromatic carbocycles. The SMILES string of the molecule is CN(C)c1ccc2nc3ccc(=[N+](C)C)cc-3sc2c1.O=C(O)c1ccccc1-c1c2cc(Br)c(=O)c(Br)c-2oc2c(Br)c([O-])c(Br)cc12. The molecule has 0 aromatic heterocycles. The minimum atomic E-state index is -1.10. The third kappa shape index (κ3) is 6.66. The smallest absolute Gasteiger partial charge is 0.336 e. The van der Waals surface area contributed by atoms with Crippen LogP contribution in [-0.4, -0.2) is 44.3 Å². The summed E-state index contributed by atoms with van der Waals surface area (Å²) in [6, 6.07) is 22.5. The Balaban J connectivity index is 0.000000182. The molecule has 0 unspecified atom stereocenters. The minimum absolute atomic E-state index is 0.0817. The van der Waals surface area contributed by atoms with E-state index in [4.69, 9.17) is 9.40 Å². The predicted octanol–water partition coefficient (Wildman–Crippen LogP) is 8.89. The van der Waals surface area contributed by atoms with Gasteiger partial charge in [0.05, 0.1) is 35.3 Å². The van der Waals surface area contributed by atoms with Crippen LogP contribution in [0, 0.1) is 0 Å². The van der Waals surface area contributed by atoms with E-state index in [2.05, 4.69) is 138 Å². The van der Waals surface area contributed by atoms with Crippen LogP contribution < -0.4 is 25.4 Å². The summed E-state index contributed by atoms with van der Waals surface area (Å²) in [4.78, 5) is 32.4. The van der Waals surface area contributed by atoms with Crippen molar-refractivity contribution in [3.05, 3.63) is 112 Å². The molecular formula is C36H25Br4N3O5S. The third-order valence-electron chi connectivity index (χ3n) is 7.81. The average molecular weight is 931 g/mol. The molecule has 0 fully saturated rings. The Morgan fingerprint density at radius 2 is 1.65 bits per heavy atom. The van der Waals surface area contributed by atoms with Crippen molar-refractivity contribution in [1.82, 2.24) is 9.56 Å². The van der Waals surface area contributed by atoms with Gasteiger partial charge in [0.2, 0.25) is 10.8 Å². The fourth-order valence-corrected chi connectivity index (χ4v) is 8.76.